The smallest absolute Gasteiger partial charge is 0.337 e. The molecule has 24 heavy (non-hydrogen) atoms. The highest BCUT2D eigenvalue weighted by Gasteiger charge is 2.29. The van der Waals surface area contributed by atoms with Crippen LogP contribution in [0.15, 0.2) is 23.1 Å². The summed E-state index contributed by atoms with van der Waals surface area (Å²) in [5.74, 6) is -2.67. The Morgan fingerprint density at radius 1 is 1.12 bits per heavy atom. The maximum absolute atomic E-state index is 11.9. The van der Waals surface area contributed by atoms with Crippen molar-refractivity contribution >= 4 is 21.9 Å². The van der Waals surface area contributed by atoms with Gasteiger partial charge in [0.15, 0.2) is 5.82 Å². The summed E-state index contributed by atoms with van der Waals surface area (Å²) in [6.07, 6.45) is 0. The van der Waals surface area contributed by atoms with Crippen molar-refractivity contribution in [2.24, 2.45) is 10.9 Å². The Kier molecular flexibility index (Phi) is 4.36. The number of carbonyl (C=O) groups is 2. The van der Waals surface area contributed by atoms with Gasteiger partial charge in [-0.1, -0.05) is 0 Å². The van der Waals surface area contributed by atoms with E-state index in [4.69, 9.17) is 10.9 Å². The van der Waals surface area contributed by atoms with Crippen LogP contribution in [0.2, 0.25) is 0 Å². The zero-order chi connectivity index (χ0) is 18.2. The molecule has 0 aliphatic carbocycles. The Hall–Kier alpha value is -2.85. The van der Waals surface area contributed by atoms with Crippen molar-refractivity contribution in [1.82, 2.24) is 9.97 Å². The van der Waals surface area contributed by atoms with Gasteiger partial charge in [0, 0.05) is 17.0 Å². The van der Waals surface area contributed by atoms with Gasteiger partial charge < -0.3 is 10.8 Å². The van der Waals surface area contributed by atoms with Gasteiger partial charge in [0.2, 0.25) is 10.0 Å². The van der Waals surface area contributed by atoms with Gasteiger partial charge in [-0.2, -0.15) is 0 Å². The number of amides is 1. The van der Waals surface area contributed by atoms with E-state index in [2.05, 4.69) is 9.97 Å². The van der Waals surface area contributed by atoms with E-state index in [1.54, 1.807) is 19.9 Å². The maximum Gasteiger partial charge on any atom is 0.337 e. The summed E-state index contributed by atoms with van der Waals surface area (Å²) in [5, 5.41) is 14.3. The van der Waals surface area contributed by atoms with Crippen LogP contribution in [0.3, 0.4) is 0 Å². The van der Waals surface area contributed by atoms with Crippen LogP contribution in [0.5, 0.6) is 0 Å². The van der Waals surface area contributed by atoms with Crippen molar-refractivity contribution in [3.05, 3.63) is 40.7 Å². The van der Waals surface area contributed by atoms with Gasteiger partial charge in [0.1, 0.15) is 4.90 Å². The van der Waals surface area contributed by atoms with E-state index in [-0.39, 0.29) is 11.4 Å². The third-order valence-corrected chi connectivity index (χ3v) is 4.14. The average molecular weight is 350 g/mol. The first-order chi connectivity index (χ1) is 11.0. The molecule has 0 atom stereocenters. The number of nitrogens with zero attached hydrogens (tertiary/aromatic N) is 2. The van der Waals surface area contributed by atoms with Gasteiger partial charge in [-0.3, -0.25) is 4.79 Å². The Balaban J connectivity index is 2.99. The molecule has 1 aromatic heterocycles. The number of nitrogens with two attached hydrogens (primary N) is 2. The largest absolute Gasteiger partial charge is 0.478 e. The van der Waals surface area contributed by atoms with Crippen molar-refractivity contribution in [3.8, 4) is 11.4 Å². The van der Waals surface area contributed by atoms with Gasteiger partial charge in [-0.15, -0.1) is 0 Å². The highest BCUT2D eigenvalue weighted by atomic mass is 32.2. The molecule has 0 aliphatic heterocycles. The fraction of sp³-hybridized carbons (Fsp3) is 0.143. The van der Waals surface area contributed by atoms with E-state index in [0.29, 0.717) is 11.4 Å². The topological polar surface area (TPSA) is 166 Å². The summed E-state index contributed by atoms with van der Waals surface area (Å²) in [6.45, 7) is 3.38. The van der Waals surface area contributed by atoms with Crippen LogP contribution in [0.25, 0.3) is 11.4 Å². The number of aryl methyl sites for hydroxylation is 2. The molecule has 1 heterocycles. The van der Waals surface area contributed by atoms with Crippen molar-refractivity contribution in [1.29, 1.82) is 0 Å². The van der Waals surface area contributed by atoms with Crippen molar-refractivity contribution in [3.63, 3.8) is 0 Å². The Morgan fingerprint density at radius 3 is 2.08 bits per heavy atom. The minimum Gasteiger partial charge on any atom is -0.478 e. The minimum absolute atomic E-state index is 0.0108. The molecule has 2 aromatic rings. The monoisotopic (exact) mass is 350 g/mol. The zero-order valence-electron chi connectivity index (χ0n) is 12.8. The summed E-state index contributed by atoms with van der Waals surface area (Å²) in [6, 6.07) is 3.93. The quantitative estimate of drug-likeness (QED) is 0.708. The van der Waals surface area contributed by atoms with Gasteiger partial charge in [-0.25, -0.2) is 28.3 Å². The first kappa shape index (κ1) is 17.5. The molecule has 0 spiro atoms. The first-order valence-corrected chi connectivity index (χ1v) is 8.12. The number of hydrogen-bond donors (Lipinski definition) is 3. The number of carboxylic acid groups (broad SMARTS) is 1. The molecular weight excluding hydrogens is 336 g/mol. The number of carbonyl (C=O) groups excluding carboxylic acids is 1. The molecule has 0 fully saturated rings. The second-order valence-corrected chi connectivity index (χ2v) is 6.55. The van der Waals surface area contributed by atoms with Crippen LogP contribution in [0, 0.1) is 13.8 Å². The molecule has 0 unspecified atom stereocenters. The highest BCUT2D eigenvalue weighted by Crippen LogP contribution is 2.29. The molecule has 9 nitrogen and oxygen atoms in total. The van der Waals surface area contributed by atoms with E-state index < -0.39 is 37.9 Å². The summed E-state index contributed by atoms with van der Waals surface area (Å²) in [4.78, 5) is 30.6. The normalized spacial score (nSPS) is 11.3. The number of hydrogen-bond acceptors (Lipinski definition) is 6. The third kappa shape index (κ3) is 3.24. The number of primary sulfonamides is 1. The minimum atomic E-state index is -4.54. The number of aromatic carboxylic acids is 1. The van der Waals surface area contributed by atoms with E-state index in [0.717, 1.165) is 6.07 Å². The molecule has 1 aromatic carbocycles. The number of rotatable bonds is 4. The van der Waals surface area contributed by atoms with Crippen molar-refractivity contribution in [2.75, 3.05) is 0 Å². The molecular formula is C14H14N4O5S. The standard InChI is InChI=1S/C14H14N4O5S/c1-6-5-7(2)18-13(17-6)8-3-4-9(14(20)21)11(24(16,22)23)10(8)12(15)19/h3-5H,1-2H3,(H2,15,19)(H,20,21)(H2,16,22,23). The highest BCUT2D eigenvalue weighted by molar-refractivity contribution is 7.89. The SMILES string of the molecule is Cc1cc(C)nc(-c2ccc(C(=O)O)c(S(N)(=O)=O)c2C(N)=O)n1. The lowest BCUT2D eigenvalue weighted by molar-refractivity contribution is 0.0692. The molecule has 0 bridgehead atoms. The van der Waals surface area contributed by atoms with Crippen LogP contribution in [0.4, 0.5) is 0 Å². The number of carboxylic acids is 1. The molecule has 10 heteroatoms. The lowest BCUT2D eigenvalue weighted by Crippen LogP contribution is -2.25. The molecule has 0 saturated carbocycles. The zero-order valence-corrected chi connectivity index (χ0v) is 13.6. The molecule has 0 aliphatic rings. The summed E-state index contributed by atoms with van der Waals surface area (Å²) in [5.41, 5.74) is 5.22. The molecule has 0 saturated heterocycles. The molecule has 126 valence electrons. The lowest BCUT2D eigenvalue weighted by Gasteiger charge is -2.13. The maximum atomic E-state index is 11.9. The van der Waals surface area contributed by atoms with Gasteiger partial charge in [0.05, 0.1) is 11.1 Å². The molecule has 1 amide bonds. The fourth-order valence-electron chi connectivity index (χ4n) is 2.32. The number of primary amides is 1. The second-order valence-electron chi connectivity index (χ2n) is 5.05. The van der Waals surface area contributed by atoms with E-state index in [1.165, 1.54) is 6.07 Å². The Morgan fingerprint density at radius 2 is 1.67 bits per heavy atom. The average Bonchev–Trinajstić information content (AvgIpc) is 2.43. The summed E-state index contributed by atoms with van der Waals surface area (Å²) < 4.78 is 23.7. The van der Waals surface area contributed by atoms with Crippen molar-refractivity contribution in [2.45, 2.75) is 18.7 Å². The van der Waals surface area contributed by atoms with E-state index >= 15 is 0 Å². The summed E-state index contributed by atoms with van der Waals surface area (Å²) in [7, 11) is -4.54. The number of aromatic nitrogens is 2. The second kappa shape index (κ2) is 5.98. The van der Waals surface area contributed by atoms with Gasteiger partial charge in [-0.05, 0) is 32.0 Å². The summed E-state index contributed by atoms with van der Waals surface area (Å²) >= 11 is 0. The van der Waals surface area contributed by atoms with Gasteiger partial charge >= 0.3 is 5.97 Å². The van der Waals surface area contributed by atoms with E-state index in [1.807, 2.05) is 0 Å². The number of benzene rings is 1. The fourth-order valence-corrected chi connectivity index (χ4v) is 3.28. The predicted molar refractivity (Wildman–Crippen MR) is 83.8 cm³/mol. The van der Waals surface area contributed by atoms with Crippen LogP contribution in [0.1, 0.15) is 32.1 Å². The van der Waals surface area contributed by atoms with Crippen LogP contribution in [-0.4, -0.2) is 35.4 Å². The third-order valence-electron chi connectivity index (χ3n) is 3.14. The molecule has 0 radical (unpaired) electrons. The van der Waals surface area contributed by atoms with Crippen LogP contribution >= 0.6 is 0 Å². The molecule has 5 N–H and O–H groups in total. The first-order valence-electron chi connectivity index (χ1n) is 6.58. The van der Waals surface area contributed by atoms with E-state index in [9.17, 15) is 23.1 Å². The molecule has 2 rings (SSSR count). The Bertz CT molecular complexity index is 949. The number of sulfonamides is 1. The Labute approximate surface area is 137 Å². The van der Waals surface area contributed by atoms with Crippen LogP contribution in [-0.2, 0) is 10.0 Å². The van der Waals surface area contributed by atoms with Crippen LogP contribution < -0.4 is 10.9 Å². The van der Waals surface area contributed by atoms with Crippen molar-refractivity contribution < 1.29 is 23.1 Å². The lowest BCUT2D eigenvalue weighted by atomic mass is 10.0. The predicted octanol–water partition coefficient (Wildman–Crippen LogP) is 0.205. The van der Waals surface area contributed by atoms with Gasteiger partial charge in [0.25, 0.3) is 5.91 Å².